The Balaban J connectivity index is 0.00000261. The van der Waals surface area contributed by atoms with Crippen LogP contribution in [0.4, 0.5) is 0 Å². The number of hydrogen-bond acceptors (Lipinski definition) is 2. The van der Waals surface area contributed by atoms with Gasteiger partial charge in [0.2, 0.25) is 0 Å². The molecule has 2 fully saturated rings. The Morgan fingerprint density at radius 1 is 1.04 bits per heavy atom. The minimum atomic E-state index is 0. The summed E-state index contributed by atoms with van der Waals surface area (Å²) >= 11 is 0. The molecular weight excluding hydrogens is 352 g/mol. The second kappa shape index (κ2) is 10.3. The van der Waals surface area contributed by atoms with E-state index >= 15 is 0 Å². The van der Waals surface area contributed by atoms with Crippen molar-refractivity contribution in [3.63, 3.8) is 0 Å². The van der Waals surface area contributed by atoms with Gasteiger partial charge >= 0.3 is 0 Å². The first-order chi connectivity index (χ1) is 12.6. The quantitative estimate of drug-likeness (QED) is 0.622. The molecule has 0 bridgehead atoms. The largest absolute Gasteiger partial charge is 0.314 e. The van der Waals surface area contributed by atoms with E-state index in [4.69, 9.17) is 0 Å². The summed E-state index contributed by atoms with van der Waals surface area (Å²) in [5.74, 6) is 1.42. The Labute approximate surface area is 173 Å². The molecule has 3 rings (SSSR count). The lowest BCUT2D eigenvalue weighted by molar-refractivity contribution is 0.133. The van der Waals surface area contributed by atoms with E-state index in [1.165, 1.54) is 51.6 Å². The molecule has 1 aliphatic heterocycles. The highest BCUT2D eigenvalue weighted by molar-refractivity contribution is 5.85. The van der Waals surface area contributed by atoms with Crippen molar-refractivity contribution in [2.45, 2.75) is 78.2 Å². The van der Waals surface area contributed by atoms with E-state index in [0.29, 0.717) is 17.4 Å². The van der Waals surface area contributed by atoms with E-state index in [0.717, 1.165) is 19.0 Å². The third kappa shape index (κ3) is 5.08. The summed E-state index contributed by atoms with van der Waals surface area (Å²) in [5, 5.41) is 3.52. The van der Waals surface area contributed by atoms with Crippen molar-refractivity contribution in [1.82, 2.24) is 10.2 Å². The van der Waals surface area contributed by atoms with Crippen molar-refractivity contribution in [2.24, 2.45) is 11.3 Å². The Hall–Kier alpha value is -0.570. The van der Waals surface area contributed by atoms with Gasteiger partial charge in [-0.15, -0.1) is 12.4 Å². The van der Waals surface area contributed by atoms with Gasteiger partial charge in [0.25, 0.3) is 0 Å². The second-order valence-corrected chi connectivity index (χ2v) is 9.09. The zero-order valence-corrected chi connectivity index (χ0v) is 18.8. The van der Waals surface area contributed by atoms with Gasteiger partial charge in [-0.1, -0.05) is 64.8 Å². The van der Waals surface area contributed by atoms with Crippen LogP contribution in [0.1, 0.15) is 89.3 Å². The number of piperazine rings is 1. The van der Waals surface area contributed by atoms with E-state index in [9.17, 15) is 0 Å². The standard InChI is InChI=1S/C24H40N2.ClH/c1-5-24(6-2)13-11-20(12-14-24)21-9-7-8-10-22(21)23(19(3)4)26-17-15-25-16-18-26;/h7-10,19-20,23,25H,5-6,11-18H2,1-4H3;1H. The van der Waals surface area contributed by atoms with Crippen LogP contribution in [0.5, 0.6) is 0 Å². The molecule has 1 heterocycles. The summed E-state index contributed by atoms with van der Waals surface area (Å²) in [7, 11) is 0. The molecule has 0 radical (unpaired) electrons. The maximum absolute atomic E-state index is 3.52. The second-order valence-electron chi connectivity index (χ2n) is 9.09. The van der Waals surface area contributed by atoms with Crippen molar-refractivity contribution in [2.75, 3.05) is 26.2 Å². The fourth-order valence-corrected chi connectivity index (χ4v) is 5.59. The maximum Gasteiger partial charge on any atom is 0.0374 e. The molecule has 3 heteroatoms. The molecule has 1 saturated carbocycles. The average molecular weight is 393 g/mol. The van der Waals surface area contributed by atoms with Gasteiger partial charge < -0.3 is 5.32 Å². The Kier molecular flexibility index (Phi) is 8.65. The minimum Gasteiger partial charge on any atom is -0.314 e. The van der Waals surface area contributed by atoms with Gasteiger partial charge in [0, 0.05) is 32.2 Å². The van der Waals surface area contributed by atoms with E-state index in [1.54, 1.807) is 11.1 Å². The Morgan fingerprint density at radius 3 is 2.19 bits per heavy atom. The van der Waals surface area contributed by atoms with Crippen molar-refractivity contribution in [3.8, 4) is 0 Å². The molecule has 1 aromatic rings. The molecule has 1 aromatic carbocycles. The van der Waals surface area contributed by atoms with Crippen molar-refractivity contribution in [3.05, 3.63) is 35.4 Å². The summed E-state index contributed by atoms with van der Waals surface area (Å²) in [6.45, 7) is 14.2. The molecule has 1 atom stereocenters. The SMILES string of the molecule is CCC1(CC)CCC(c2ccccc2C(C(C)C)N2CCNCC2)CC1.Cl. The summed E-state index contributed by atoms with van der Waals surface area (Å²) in [6, 6.07) is 9.99. The van der Waals surface area contributed by atoms with Crippen molar-refractivity contribution in [1.29, 1.82) is 0 Å². The van der Waals surface area contributed by atoms with Crippen molar-refractivity contribution < 1.29 is 0 Å². The van der Waals surface area contributed by atoms with Crippen LogP contribution in [0.15, 0.2) is 24.3 Å². The maximum atomic E-state index is 3.52. The first-order valence-corrected chi connectivity index (χ1v) is 11.1. The third-order valence-corrected chi connectivity index (χ3v) is 7.48. The summed E-state index contributed by atoms with van der Waals surface area (Å²) in [6.07, 6.45) is 8.30. The lowest BCUT2D eigenvalue weighted by Crippen LogP contribution is -2.46. The molecule has 2 aliphatic rings. The van der Waals surface area contributed by atoms with E-state index < -0.39 is 0 Å². The number of nitrogens with zero attached hydrogens (tertiary/aromatic N) is 1. The number of hydrogen-bond donors (Lipinski definition) is 1. The van der Waals surface area contributed by atoms with E-state index in [2.05, 4.69) is 62.2 Å². The molecule has 1 saturated heterocycles. The van der Waals surface area contributed by atoms with Gasteiger partial charge in [-0.2, -0.15) is 0 Å². The lowest BCUT2D eigenvalue weighted by Gasteiger charge is -2.42. The predicted octanol–water partition coefficient (Wildman–Crippen LogP) is 6.17. The van der Waals surface area contributed by atoms with Crippen LogP contribution in [0, 0.1) is 11.3 Å². The van der Waals surface area contributed by atoms with E-state index in [-0.39, 0.29) is 12.4 Å². The van der Waals surface area contributed by atoms with E-state index in [1.807, 2.05) is 0 Å². The Bertz CT molecular complexity index is 551. The molecule has 1 unspecified atom stereocenters. The van der Waals surface area contributed by atoms with Crippen LogP contribution >= 0.6 is 12.4 Å². The lowest BCUT2D eigenvalue weighted by atomic mass is 9.65. The normalized spacial score (nSPS) is 22.4. The highest BCUT2D eigenvalue weighted by Crippen LogP contribution is 2.48. The average Bonchev–Trinajstić information content (AvgIpc) is 2.69. The predicted molar refractivity (Wildman–Crippen MR) is 120 cm³/mol. The number of benzene rings is 1. The van der Waals surface area contributed by atoms with Gasteiger partial charge in [0.05, 0.1) is 0 Å². The van der Waals surface area contributed by atoms with Crippen LogP contribution in [0.2, 0.25) is 0 Å². The van der Waals surface area contributed by atoms with Crippen LogP contribution in [0.25, 0.3) is 0 Å². The smallest absolute Gasteiger partial charge is 0.0374 e. The van der Waals surface area contributed by atoms with Gasteiger partial charge in [-0.05, 0) is 54.1 Å². The van der Waals surface area contributed by atoms with Crippen molar-refractivity contribution >= 4 is 12.4 Å². The van der Waals surface area contributed by atoms with Crippen LogP contribution in [0.3, 0.4) is 0 Å². The number of rotatable bonds is 6. The third-order valence-electron chi connectivity index (χ3n) is 7.48. The molecule has 1 aliphatic carbocycles. The molecular formula is C24H41ClN2. The summed E-state index contributed by atoms with van der Waals surface area (Å²) in [5.41, 5.74) is 3.90. The van der Waals surface area contributed by atoms with Gasteiger partial charge in [0.1, 0.15) is 0 Å². The number of nitrogens with one attached hydrogen (secondary N) is 1. The molecule has 0 aromatic heterocycles. The molecule has 27 heavy (non-hydrogen) atoms. The van der Waals surface area contributed by atoms with Crippen LogP contribution in [-0.4, -0.2) is 31.1 Å². The molecule has 2 nitrogen and oxygen atoms in total. The highest BCUT2D eigenvalue weighted by atomic mass is 35.5. The highest BCUT2D eigenvalue weighted by Gasteiger charge is 2.35. The topological polar surface area (TPSA) is 15.3 Å². The molecule has 154 valence electrons. The monoisotopic (exact) mass is 392 g/mol. The fraction of sp³-hybridized carbons (Fsp3) is 0.750. The number of halogens is 1. The zero-order valence-electron chi connectivity index (χ0n) is 18.0. The first-order valence-electron chi connectivity index (χ1n) is 11.1. The first kappa shape index (κ1) is 22.7. The molecule has 0 amide bonds. The molecule has 0 spiro atoms. The van der Waals surface area contributed by atoms with Gasteiger partial charge in [-0.25, -0.2) is 0 Å². The van der Waals surface area contributed by atoms with Gasteiger partial charge in [0.15, 0.2) is 0 Å². The van der Waals surface area contributed by atoms with Crippen LogP contribution in [-0.2, 0) is 0 Å². The van der Waals surface area contributed by atoms with Gasteiger partial charge in [-0.3, -0.25) is 4.90 Å². The minimum absolute atomic E-state index is 0. The van der Waals surface area contributed by atoms with Crippen LogP contribution < -0.4 is 5.32 Å². The Morgan fingerprint density at radius 2 is 1.63 bits per heavy atom. The molecule has 1 N–H and O–H groups in total. The summed E-state index contributed by atoms with van der Waals surface area (Å²) < 4.78 is 0. The zero-order chi connectivity index (χ0) is 18.6. The fourth-order valence-electron chi connectivity index (χ4n) is 5.59. The summed E-state index contributed by atoms with van der Waals surface area (Å²) in [4.78, 5) is 2.73.